The van der Waals surface area contributed by atoms with Crippen LogP contribution >= 0.6 is 0 Å². The SMILES string of the molecule is COC(=O)C[C@H]1[C@@]2(C)C[C@]34O[C@]5(C)O[C@@]6([C@H](OC(C)=O)[C@]3(OC(C)=O)[C@H]2OC(C)=O)[C@H](CC(=O)OC)[C@](C)(C(=O)c2ccoc2)C[C@@H](OC(C)=O)[C@]6(O5)[C@]14C. The van der Waals surface area contributed by atoms with E-state index < -0.39 is 123 Å². The summed E-state index contributed by atoms with van der Waals surface area (Å²) in [5, 5.41) is 0. The Bertz CT molecular complexity index is 1890. The first-order valence-corrected chi connectivity index (χ1v) is 18.1. The maximum absolute atomic E-state index is 15.0. The molecule has 4 bridgehead atoms. The molecule has 7 rings (SSSR count). The first-order chi connectivity index (χ1) is 25.6. The lowest BCUT2D eigenvalue weighted by Crippen LogP contribution is -2.96. The summed E-state index contributed by atoms with van der Waals surface area (Å²) in [6, 6.07) is 1.43. The summed E-state index contributed by atoms with van der Waals surface area (Å²) in [6.45, 7) is 11.0. The number of ketones is 1. The lowest BCUT2D eigenvalue weighted by atomic mass is 9.33. The van der Waals surface area contributed by atoms with Crippen LogP contribution in [0.4, 0.5) is 0 Å². The third-order valence-corrected chi connectivity index (χ3v) is 13.8. The zero-order valence-corrected chi connectivity index (χ0v) is 32.4. The van der Waals surface area contributed by atoms with Gasteiger partial charge in [0.2, 0.25) is 5.60 Å². The smallest absolute Gasteiger partial charge is 0.305 e. The van der Waals surface area contributed by atoms with E-state index in [1.54, 1.807) is 20.8 Å². The molecule has 0 aromatic carbocycles. The van der Waals surface area contributed by atoms with Crippen molar-refractivity contribution < 1.29 is 80.6 Å². The van der Waals surface area contributed by atoms with Gasteiger partial charge in [0.1, 0.15) is 18.0 Å². The maximum atomic E-state index is 15.0. The second-order valence-electron chi connectivity index (χ2n) is 16.5. The number of rotatable bonds is 10. The second kappa shape index (κ2) is 11.8. The largest absolute Gasteiger partial charge is 0.472 e. The minimum absolute atomic E-state index is 0.0872. The molecule has 17 heteroatoms. The lowest BCUT2D eigenvalue weighted by Gasteiger charge is -2.77. The number of Topliss-reactive ketones (excluding diaryl/α,β-unsaturated/α-hetero) is 1. The standard InChI is InChI=1S/C38H46O17/c1-18(39)49-25-15-31(5,28(45)22-11-12-48-16-22)24(14-27(44)47-10)36-30(51-20(3)41)37(52-21(4)42)29(50-19(2)40)32(6)17-35(37)33(7,23(32)13-26(43)46-9)38(25,36)55-34(8,53-35)54-36/h11-12,16,23-25,29-30H,13-15,17H2,1-10H3/t23-,24+,25+,29-,30-,31+,32+,33+,34+,35+,36+,37+,38-/m0/s1. The van der Waals surface area contributed by atoms with Crippen molar-refractivity contribution in [2.24, 2.45) is 28.1 Å². The second-order valence-corrected chi connectivity index (χ2v) is 16.5. The minimum Gasteiger partial charge on any atom is -0.472 e. The van der Waals surface area contributed by atoms with E-state index in [4.69, 9.17) is 47.0 Å². The Morgan fingerprint density at radius 2 is 1.33 bits per heavy atom. The van der Waals surface area contributed by atoms with Gasteiger partial charge < -0.3 is 47.0 Å². The van der Waals surface area contributed by atoms with Crippen molar-refractivity contribution in [1.29, 1.82) is 0 Å². The molecule has 2 saturated heterocycles. The van der Waals surface area contributed by atoms with E-state index in [-0.39, 0.29) is 24.8 Å². The van der Waals surface area contributed by atoms with Gasteiger partial charge in [-0.05, 0) is 18.4 Å². The summed E-state index contributed by atoms with van der Waals surface area (Å²) in [4.78, 5) is 96.1. The molecule has 0 amide bonds. The van der Waals surface area contributed by atoms with Gasteiger partial charge >= 0.3 is 35.8 Å². The third-order valence-electron chi connectivity index (χ3n) is 13.8. The number of methoxy groups -OCH3 is 2. The van der Waals surface area contributed by atoms with Gasteiger partial charge in [-0.1, -0.05) is 20.8 Å². The summed E-state index contributed by atoms with van der Waals surface area (Å²) in [5.41, 5.74) is -13.4. The molecule has 0 N–H and O–H groups in total. The zero-order chi connectivity index (χ0) is 40.5. The van der Waals surface area contributed by atoms with Crippen molar-refractivity contribution in [2.75, 3.05) is 14.2 Å². The molecule has 6 fully saturated rings. The van der Waals surface area contributed by atoms with E-state index in [0.29, 0.717) is 0 Å². The van der Waals surface area contributed by atoms with Crippen molar-refractivity contribution in [2.45, 2.75) is 128 Å². The summed E-state index contributed by atoms with van der Waals surface area (Å²) in [5.74, 6) is -10.1. The van der Waals surface area contributed by atoms with Crippen LogP contribution in [-0.4, -0.2) is 103 Å². The molecule has 4 saturated carbocycles. The zero-order valence-electron chi connectivity index (χ0n) is 32.4. The molecule has 17 nitrogen and oxygen atoms in total. The molecular formula is C38H46O17. The molecule has 0 unspecified atom stereocenters. The average molecular weight is 775 g/mol. The van der Waals surface area contributed by atoms with Gasteiger partial charge in [0.05, 0.1) is 32.5 Å². The highest BCUT2D eigenvalue weighted by atomic mass is 16.9. The van der Waals surface area contributed by atoms with E-state index in [0.717, 1.165) is 27.9 Å². The van der Waals surface area contributed by atoms with Crippen LogP contribution in [0.2, 0.25) is 0 Å². The van der Waals surface area contributed by atoms with E-state index >= 15 is 4.79 Å². The van der Waals surface area contributed by atoms with Crippen LogP contribution in [0.3, 0.4) is 0 Å². The van der Waals surface area contributed by atoms with Crippen LogP contribution in [-0.2, 0) is 71.4 Å². The van der Waals surface area contributed by atoms with Crippen LogP contribution in [0, 0.1) is 28.1 Å². The molecule has 4 aliphatic carbocycles. The van der Waals surface area contributed by atoms with Gasteiger partial charge in [0.15, 0.2) is 29.2 Å². The fourth-order valence-electron chi connectivity index (χ4n) is 12.7. The Labute approximate surface area is 316 Å². The predicted molar refractivity (Wildman–Crippen MR) is 178 cm³/mol. The Morgan fingerprint density at radius 3 is 1.85 bits per heavy atom. The summed E-state index contributed by atoms with van der Waals surface area (Å²) in [7, 11) is 2.36. The fraction of sp³-hybridized carbons (Fsp3) is 0.711. The number of esters is 6. The quantitative estimate of drug-likeness (QED) is 0.190. The highest BCUT2D eigenvalue weighted by Gasteiger charge is 3.06. The normalized spacial score (nSPS) is 45.2. The molecule has 3 heterocycles. The number of hydrogen-bond donors (Lipinski definition) is 0. The number of ether oxygens (including phenoxy) is 9. The van der Waals surface area contributed by atoms with Gasteiger partial charge in [-0.25, -0.2) is 0 Å². The first kappa shape index (κ1) is 38.9. The summed E-state index contributed by atoms with van der Waals surface area (Å²) in [6.07, 6.45) is -3.72. The topological polar surface area (TPSA) is 216 Å². The molecular weight excluding hydrogens is 728 g/mol. The molecule has 1 aromatic rings. The van der Waals surface area contributed by atoms with Crippen LogP contribution in [0.15, 0.2) is 23.0 Å². The van der Waals surface area contributed by atoms with Gasteiger partial charge in [0.25, 0.3) is 5.97 Å². The Hall–Kier alpha value is -4.35. The van der Waals surface area contributed by atoms with E-state index in [1.165, 1.54) is 39.5 Å². The van der Waals surface area contributed by atoms with Gasteiger partial charge in [0, 0.05) is 69.6 Å². The van der Waals surface area contributed by atoms with E-state index in [1.807, 2.05) is 0 Å². The fourth-order valence-corrected chi connectivity index (χ4v) is 12.7. The highest BCUT2D eigenvalue weighted by Crippen LogP contribution is 2.90. The van der Waals surface area contributed by atoms with E-state index in [2.05, 4.69) is 0 Å². The van der Waals surface area contributed by atoms with Crippen LogP contribution in [0.25, 0.3) is 0 Å². The van der Waals surface area contributed by atoms with Crippen molar-refractivity contribution in [1.82, 2.24) is 0 Å². The molecule has 2 aliphatic heterocycles. The molecule has 55 heavy (non-hydrogen) atoms. The van der Waals surface area contributed by atoms with Crippen molar-refractivity contribution in [3.05, 3.63) is 24.2 Å². The molecule has 6 aliphatic rings. The Balaban J connectivity index is 1.71. The summed E-state index contributed by atoms with van der Waals surface area (Å²) >= 11 is 0. The average Bonchev–Trinajstić information content (AvgIpc) is 3.79. The number of carbonyl (C=O) groups excluding carboxylic acids is 7. The Morgan fingerprint density at radius 1 is 0.745 bits per heavy atom. The van der Waals surface area contributed by atoms with Crippen LogP contribution in [0.1, 0.15) is 91.4 Å². The molecule has 300 valence electrons. The van der Waals surface area contributed by atoms with Crippen molar-refractivity contribution >= 4 is 41.6 Å². The van der Waals surface area contributed by atoms with Gasteiger partial charge in [-0.3, -0.25) is 33.6 Å². The number of furan rings is 1. The van der Waals surface area contributed by atoms with Crippen LogP contribution < -0.4 is 0 Å². The predicted octanol–water partition coefficient (Wildman–Crippen LogP) is 2.74. The third kappa shape index (κ3) is 4.37. The lowest BCUT2D eigenvalue weighted by molar-refractivity contribution is -0.485. The monoisotopic (exact) mass is 774 g/mol. The number of hydrogen-bond acceptors (Lipinski definition) is 17. The number of carbonyl (C=O) groups is 7. The van der Waals surface area contributed by atoms with E-state index in [9.17, 15) is 28.8 Å². The first-order valence-electron chi connectivity index (χ1n) is 18.1. The van der Waals surface area contributed by atoms with Crippen LogP contribution in [0.5, 0.6) is 0 Å². The van der Waals surface area contributed by atoms with Gasteiger partial charge in [-0.15, -0.1) is 0 Å². The molecule has 1 aromatic heterocycles. The van der Waals surface area contributed by atoms with Crippen molar-refractivity contribution in [3.8, 4) is 0 Å². The molecule has 0 radical (unpaired) electrons. The van der Waals surface area contributed by atoms with Gasteiger partial charge in [-0.2, -0.15) is 0 Å². The summed E-state index contributed by atoms with van der Waals surface area (Å²) < 4.78 is 62.3. The minimum atomic E-state index is -2.36. The molecule has 13 atom stereocenters. The Kier molecular flexibility index (Phi) is 8.37. The number of fused-ring (bicyclic) bond motifs is 2. The molecule has 2 spiro atoms. The maximum Gasteiger partial charge on any atom is 0.305 e. The van der Waals surface area contributed by atoms with Crippen molar-refractivity contribution in [3.63, 3.8) is 0 Å². The highest BCUT2D eigenvalue weighted by molar-refractivity contribution is 6.01.